The van der Waals surface area contributed by atoms with Crippen molar-refractivity contribution in [3.63, 3.8) is 0 Å². The van der Waals surface area contributed by atoms with Gasteiger partial charge in [0.1, 0.15) is 10.6 Å². The molecular weight excluding hydrogens is 264 g/mol. The molecule has 0 spiro atoms. The molecule has 0 bridgehead atoms. The van der Waals surface area contributed by atoms with Gasteiger partial charge >= 0.3 is 0 Å². The fourth-order valence-electron chi connectivity index (χ4n) is 2.23. The van der Waals surface area contributed by atoms with Crippen molar-refractivity contribution in [3.8, 4) is 5.75 Å². The second kappa shape index (κ2) is 6.36. The molecule has 1 aliphatic heterocycles. The molecule has 1 fully saturated rings. The highest BCUT2D eigenvalue weighted by atomic mass is 32.2. The predicted molar refractivity (Wildman–Crippen MR) is 73.8 cm³/mol. The second-order valence-electron chi connectivity index (χ2n) is 4.70. The van der Waals surface area contributed by atoms with Gasteiger partial charge in [0.2, 0.25) is 10.0 Å². The van der Waals surface area contributed by atoms with E-state index >= 15 is 0 Å². The van der Waals surface area contributed by atoms with E-state index in [2.05, 4.69) is 10.0 Å². The fourth-order valence-corrected chi connectivity index (χ4v) is 3.52. The van der Waals surface area contributed by atoms with Crippen LogP contribution in [0.4, 0.5) is 0 Å². The van der Waals surface area contributed by atoms with Crippen LogP contribution in [0.3, 0.4) is 0 Å². The lowest BCUT2D eigenvalue weighted by atomic mass is 9.99. The first-order chi connectivity index (χ1) is 9.13. The molecule has 0 radical (unpaired) electrons. The Morgan fingerprint density at radius 1 is 1.32 bits per heavy atom. The second-order valence-corrected chi connectivity index (χ2v) is 6.43. The summed E-state index contributed by atoms with van der Waals surface area (Å²) in [7, 11) is -2.02. The maximum absolute atomic E-state index is 12.2. The Balaban J connectivity index is 2.05. The van der Waals surface area contributed by atoms with E-state index in [0.717, 1.165) is 25.9 Å². The number of rotatable bonds is 5. The highest BCUT2D eigenvalue weighted by molar-refractivity contribution is 7.89. The standard InChI is InChI=1S/C13H20N2O3S/c1-18-12-4-2-3-5-13(12)19(16,17)15-10-11-6-8-14-9-7-11/h2-5,11,14-15H,6-10H2,1H3. The van der Waals surface area contributed by atoms with Crippen molar-refractivity contribution in [1.29, 1.82) is 0 Å². The molecule has 2 rings (SSSR count). The molecule has 1 aromatic rings. The molecule has 0 saturated carbocycles. The van der Waals surface area contributed by atoms with Crippen LogP contribution in [0.1, 0.15) is 12.8 Å². The van der Waals surface area contributed by atoms with Crippen LogP contribution in [0.25, 0.3) is 0 Å². The Hall–Kier alpha value is -1.11. The Kier molecular flexibility index (Phi) is 4.79. The molecule has 1 aliphatic rings. The molecule has 0 aromatic heterocycles. The molecule has 19 heavy (non-hydrogen) atoms. The molecule has 0 unspecified atom stereocenters. The third kappa shape index (κ3) is 3.68. The lowest BCUT2D eigenvalue weighted by molar-refractivity contribution is 0.371. The molecule has 6 heteroatoms. The van der Waals surface area contributed by atoms with Crippen LogP contribution in [0, 0.1) is 5.92 Å². The van der Waals surface area contributed by atoms with Gasteiger partial charge in [-0.15, -0.1) is 0 Å². The number of sulfonamides is 1. The number of ether oxygens (including phenoxy) is 1. The highest BCUT2D eigenvalue weighted by Crippen LogP contribution is 2.22. The SMILES string of the molecule is COc1ccccc1S(=O)(=O)NCC1CCNCC1. The number of nitrogens with one attached hydrogen (secondary N) is 2. The first-order valence-corrected chi connectivity index (χ1v) is 7.95. The van der Waals surface area contributed by atoms with Crippen molar-refractivity contribution in [1.82, 2.24) is 10.0 Å². The van der Waals surface area contributed by atoms with Gasteiger partial charge in [-0.2, -0.15) is 0 Å². The van der Waals surface area contributed by atoms with Gasteiger partial charge in [0.25, 0.3) is 0 Å². The van der Waals surface area contributed by atoms with E-state index in [4.69, 9.17) is 4.74 Å². The summed E-state index contributed by atoms with van der Waals surface area (Å²) in [5.74, 6) is 0.783. The van der Waals surface area contributed by atoms with E-state index in [-0.39, 0.29) is 4.90 Å². The number of piperidine rings is 1. The Morgan fingerprint density at radius 2 is 2.00 bits per heavy atom. The summed E-state index contributed by atoms with van der Waals surface area (Å²) in [5, 5.41) is 3.26. The van der Waals surface area contributed by atoms with Crippen molar-refractivity contribution < 1.29 is 13.2 Å². The average molecular weight is 284 g/mol. The van der Waals surface area contributed by atoms with Crippen molar-refractivity contribution in [2.75, 3.05) is 26.7 Å². The molecule has 5 nitrogen and oxygen atoms in total. The summed E-state index contributed by atoms with van der Waals surface area (Å²) in [6.07, 6.45) is 2.02. The fraction of sp³-hybridized carbons (Fsp3) is 0.538. The van der Waals surface area contributed by atoms with Gasteiger partial charge in [0, 0.05) is 6.54 Å². The van der Waals surface area contributed by atoms with E-state index in [1.54, 1.807) is 24.3 Å². The number of para-hydroxylation sites is 1. The van der Waals surface area contributed by atoms with Gasteiger partial charge in [-0.05, 0) is 44.0 Å². The van der Waals surface area contributed by atoms with Crippen molar-refractivity contribution in [3.05, 3.63) is 24.3 Å². The van der Waals surface area contributed by atoms with Crippen LogP contribution in [-0.2, 0) is 10.0 Å². The Labute approximate surface area is 114 Å². The summed E-state index contributed by atoms with van der Waals surface area (Å²) >= 11 is 0. The average Bonchev–Trinajstić information content (AvgIpc) is 2.46. The number of methoxy groups -OCH3 is 1. The largest absolute Gasteiger partial charge is 0.495 e. The molecule has 0 atom stereocenters. The zero-order chi connectivity index (χ0) is 13.7. The number of benzene rings is 1. The summed E-state index contributed by atoms with van der Waals surface area (Å²) < 4.78 is 32.3. The van der Waals surface area contributed by atoms with Gasteiger partial charge < -0.3 is 10.1 Å². The van der Waals surface area contributed by atoms with Gasteiger partial charge in [-0.1, -0.05) is 12.1 Å². The minimum absolute atomic E-state index is 0.200. The molecule has 106 valence electrons. The summed E-state index contributed by atoms with van der Waals surface area (Å²) in [6, 6.07) is 6.66. The molecule has 1 aromatic carbocycles. The summed E-state index contributed by atoms with van der Waals surface area (Å²) in [4.78, 5) is 0.200. The topological polar surface area (TPSA) is 67.4 Å². The molecular formula is C13H20N2O3S. The first-order valence-electron chi connectivity index (χ1n) is 6.47. The third-order valence-corrected chi connectivity index (χ3v) is 4.84. The smallest absolute Gasteiger partial charge is 0.244 e. The zero-order valence-corrected chi connectivity index (χ0v) is 11.9. The van der Waals surface area contributed by atoms with Crippen molar-refractivity contribution in [2.45, 2.75) is 17.7 Å². The Morgan fingerprint density at radius 3 is 2.68 bits per heavy atom. The van der Waals surface area contributed by atoms with Gasteiger partial charge in [-0.25, -0.2) is 13.1 Å². The van der Waals surface area contributed by atoms with Crippen LogP contribution in [0.15, 0.2) is 29.2 Å². The lowest BCUT2D eigenvalue weighted by Gasteiger charge is -2.22. The van der Waals surface area contributed by atoms with E-state index in [9.17, 15) is 8.42 Å². The van der Waals surface area contributed by atoms with Crippen LogP contribution in [-0.4, -0.2) is 35.2 Å². The lowest BCUT2D eigenvalue weighted by Crippen LogP contribution is -2.36. The van der Waals surface area contributed by atoms with Gasteiger partial charge in [-0.3, -0.25) is 0 Å². The van der Waals surface area contributed by atoms with Crippen molar-refractivity contribution >= 4 is 10.0 Å². The molecule has 2 N–H and O–H groups in total. The first kappa shape index (κ1) is 14.3. The Bertz CT molecular complexity index is 510. The third-order valence-electron chi connectivity index (χ3n) is 3.38. The quantitative estimate of drug-likeness (QED) is 0.845. The molecule has 1 heterocycles. The predicted octanol–water partition coefficient (Wildman–Crippen LogP) is 0.973. The molecule has 0 amide bonds. The van der Waals surface area contributed by atoms with E-state index in [1.807, 2.05) is 0 Å². The minimum Gasteiger partial charge on any atom is -0.495 e. The van der Waals surface area contributed by atoms with E-state index < -0.39 is 10.0 Å². The van der Waals surface area contributed by atoms with Gasteiger partial charge in [0.05, 0.1) is 7.11 Å². The summed E-state index contributed by atoms with van der Waals surface area (Å²) in [5.41, 5.74) is 0. The van der Waals surface area contributed by atoms with Crippen molar-refractivity contribution in [2.24, 2.45) is 5.92 Å². The van der Waals surface area contributed by atoms with E-state index in [0.29, 0.717) is 18.2 Å². The van der Waals surface area contributed by atoms with Crippen LogP contribution in [0.5, 0.6) is 5.75 Å². The van der Waals surface area contributed by atoms with Gasteiger partial charge in [0.15, 0.2) is 0 Å². The zero-order valence-electron chi connectivity index (χ0n) is 11.1. The monoisotopic (exact) mass is 284 g/mol. The maximum atomic E-state index is 12.2. The van der Waals surface area contributed by atoms with Crippen LogP contribution < -0.4 is 14.8 Å². The van der Waals surface area contributed by atoms with Crippen LogP contribution >= 0.6 is 0 Å². The molecule has 0 aliphatic carbocycles. The van der Waals surface area contributed by atoms with Crippen LogP contribution in [0.2, 0.25) is 0 Å². The minimum atomic E-state index is -3.50. The summed E-state index contributed by atoms with van der Waals surface area (Å²) in [6.45, 7) is 2.41. The normalized spacial score (nSPS) is 17.3. The maximum Gasteiger partial charge on any atom is 0.244 e. The number of hydrogen-bond acceptors (Lipinski definition) is 4. The van der Waals surface area contributed by atoms with E-state index in [1.165, 1.54) is 7.11 Å². The highest BCUT2D eigenvalue weighted by Gasteiger charge is 2.21. The molecule has 1 saturated heterocycles. The number of hydrogen-bond donors (Lipinski definition) is 2.